The third-order valence-corrected chi connectivity index (χ3v) is 5.38. The Balaban J connectivity index is 0.00000256. The number of benzene rings is 1. The van der Waals surface area contributed by atoms with Crippen molar-refractivity contribution in [1.82, 2.24) is 14.5 Å². The molecule has 0 fully saturated rings. The van der Waals surface area contributed by atoms with Crippen LogP contribution >= 0.6 is 35.3 Å². The summed E-state index contributed by atoms with van der Waals surface area (Å²) in [7, 11) is 1.45. The second-order valence-electron chi connectivity index (χ2n) is 6.05. The fourth-order valence-electron chi connectivity index (χ4n) is 2.72. The van der Waals surface area contributed by atoms with Crippen LogP contribution in [0.1, 0.15) is 4.88 Å². The van der Waals surface area contributed by atoms with E-state index >= 15 is 0 Å². The Morgan fingerprint density at radius 1 is 1.17 bits per heavy atom. The smallest absolute Gasteiger partial charge is 0.355 e. The molecule has 0 aliphatic carbocycles. The summed E-state index contributed by atoms with van der Waals surface area (Å²) in [6.07, 6.45) is 0.957. The maximum atomic E-state index is 14.3. The third kappa shape index (κ3) is 3.96. The van der Waals surface area contributed by atoms with Gasteiger partial charge in [-0.1, -0.05) is 11.6 Å². The molecule has 3 aromatic heterocycles. The second-order valence-corrected chi connectivity index (χ2v) is 7.75. The number of rotatable bonds is 4. The fourth-order valence-corrected chi connectivity index (χ4v) is 3.63. The van der Waals surface area contributed by atoms with E-state index in [0.29, 0.717) is 10.4 Å². The average molecular weight is 471 g/mol. The highest BCUT2D eigenvalue weighted by Crippen LogP contribution is 2.35. The van der Waals surface area contributed by atoms with Crippen LogP contribution in [0.2, 0.25) is 5.02 Å². The minimum atomic E-state index is -0.770. The molecule has 156 valence electrons. The van der Waals surface area contributed by atoms with Crippen molar-refractivity contribution in [1.29, 1.82) is 0 Å². The van der Waals surface area contributed by atoms with Crippen molar-refractivity contribution in [3.05, 3.63) is 68.5 Å². The molecule has 0 amide bonds. The number of oxazole rings is 1. The van der Waals surface area contributed by atoms with Crippen LogP contribution in [0.5, 0.6) is 0 Å². The first-order valence-electron chi connectivity index (χ1n) is 8.37. The summed E-state index contributed by atoms with van der Waals surface area (Å²) in [5, 5.41) is 2.44. The summed E-state index contributed by atoms with van der Waals surface area (Å²) in [4.78, 5) is 22.3. The zero-order valence-electron chi connectivity index (χ0n) is 15.6. The van der Waals surface area contributed by atoms with Gasteiger partial charge in [-0.3, -0.25) is 0 Å². The fraction of sp³-hybridized carbons (Fsp3) is 0.105. The molecule has 0 saturated heterocycles. The van der Waals surface area contributed by atoms with Crippen LogP contribution in [0.3, 0.4) is 0 Å². The molecular weight excluding hydrogens is 457 g/mol. The Hall–Kier alpha value is -2.75. The first-order valence-corrected chi connectivity index (χ1v) is 9.57. The van der Waals surface area contributed by atoms with Gasteiger partial charge in [0.15, 0.2) is 23.2 Å². The Morgan fingerprint density at radius 3 is 2.57 bits per heavy atom. The Kier molecular flexibility index (Phi) is 6.25. The lowest BCUT2D eigenvalue weighted by atomic mass is 10.1. The molecule has 11 heteroatoms. The number of hydrogen-bond donors (Lipinski definition) is 1. The van der Waals surface area contributed by atoms with E-state index in [4.69, 9.17) is 16.0 Å². The van der Waals surface area contributed by atoms with Gasteiger partial charge < -0.3 is 9.73 Å². The molecule has 0 aliphatic heterocycles. The molecule has 1 aromatic carbocycles. The molecular formula is C19H14Cl2F2N4O2S. The second kappa shape index (κ2) is 8.55. The molecule has 0 aliphatic rings. The van der Waals surface area contributed by atoms with Crippen LogP contribution in [-0.4, -0.2) is 21.6 Å². The molecule has 3 heterocycles. The van der Waals surface area contributed by atoms with E-state index in [9.17, 15) is 13.6 Å². The predicted molar refractivity (Wildman–Crippen MR) is 115 cm³/mol. The van der Waals surface area contributed by atoms with E-state index in [1.165, 1.54) is 30.5 Å². The summed E-state index contributed by atoms with van der Waals surface area (Å²) in [5.74, 6) is -1.32. The highest BCUT2D eigenvalue weighted by molar-refractivity contribution is 7.15. The van der Waals surface area contributed by atoms with Gasteiger partial charge in [-0.2, -0.15) is 9.97 Å². The molecule has 0 saturated carbocycles. The van der Waals surface area contributed by atoms with Crippen LogP contribution in [-0.2, 0) is 0 Å². The van der Waals surface area contributed by atoms with Crippen molar-refractivity contribution in [2.24, 2.45) is 0 Å². The molecule has 30 heavy (non-hydrogen) atoms. The number of aryl methyl sites for hydroxylation is 1. The Morgan fingerprint density at radius 2 is 1.93 bits per heavy atom. The van der Waals surface area contributed by atoms with Gasteiger partial charge in [0.1, 0.15) is 5.82 Å². The summed E-state index contributed by atoms with van der Waals surface area (Å²) in [5.41, 5.74) is -0.479. The van der Waals surface area contributed by atoms with E-state index < -0.39 is 17.3 Å². The molecule has 0 unspecified atom stereocenters. The Bertz CT molecular complexity index is 1290. The predicted octanol–water partition coefficient (Wildman–Crippen LogP) is 5.32. The van der Waals surface area contributed by atoms with Crippen LogP contribution < -0.4 is 11.0 Å². The van der Waals surface area contributed by atoms with Gasteiger partial charge in [0.2, 0.25) is 5.89 Å². The molecule has 6 nitrogen and oxygen atoms in total. The number of hydrogen-bond acceptors (Lipinski definition) is 6. The van der Waals surface area contributed by atoms with E-state index in [1.54, 1.807) is 0 Å². The molecule has 0 atom stereocenters. The maximum absolute atomic E-state index is 14.3. The van der Waals surface area contributed by atoms with Gasteiger partial charge in [0.25, 0.3) is 0 Å². The van der Waals surface area contributed by atoms with Gasteiger partial charge in [0.05, 0.1) is 16.1 Å². The van der Waals surface area contributed by atoms with Crippen LogP contribution in [0.25, 0.3) is 27.9 Å². The van der Waals surface area contributed by atoms with Gasteiger partial charge in [-0.15, -0.1) is 23.7 Å². The van der Waals surface area contributed by atoms with Crippen LogP contribution in [0, 0.1) is 18.6 Å². The quantitative estimate of drug-likeness (QED) is 0.436. The number of thiophene rings is 1. The topological polar surface area (TPSA) is 73.0 Å². The van der Waals surface area contributed by atoms with Gasteiger partial charge in [-0.25, -0.2) is 18.1 Å². The first-order chi connectivity index (χ1) is 13.9. The SMILES string of the molecule is CNc1nc(=O)n(-c2nc(-c3ccc(C)s3)oc2-c2ccc(Cl)c(F)c2)cc1F.Cl. The monoisotopic (exact) mass is 470 g/mol. The van der Waals surface area contributed by atoms with Crippen molar-refractivity contribution in [2.45, 2.75) is 6.92 Å². The van der Waals surface area contributed by atoms with Crippen molar-refractivity contribution in [3.63, 3.8) is 0 Å². The number of nitrogens with zero attached hydrogens (tertiary/aromatic N) is 3. The lowest BCUT2D eigenvalue weighted by Gasteiger charge is -2.07. The Labute approximate surface area is 184 Å². The van der Waals surface area contributed by atoms with Gasteiger partial charge >= 0.3 is 5.69 Å². The van der Waals surface area contributed by atoms with Crippen molar-refractivity contribution in [3.8, 4) is 27.9 Å². The third-order valence-electron chi connectivity index (χ3n) is 4.09. The largest absolute Gasteiger partial charge is 0.433 e. The maximum Gasteiger partial charge on any atom is 0.355 e. The summed E-state index contributed by atoms with van der Waals surface area (Å²) < 4.78 is 35.1. The zero-order valence-corrected chi connectivity index (χ0v) is 18.0. The number of aromatic nitrogens is 3. The molecule has 1 N–H and O–H groups in total. The molecule has 0 radical (unpaired) electrons. The highest BCUT2D eigenvalue weighted by atomic mass is 35.5. The number of anilines is 1. The zero-order chi connectivity index (χ0) is 20.7. The van der Waals surface area contributed by atoms with Crippen molar-refractivity contribution < 1.29 is 13.2 Å². The van der Waals surface area contributed by atoms with Crippen LogP contribution in [0.4, 0.5) is 14.6 Å². The van der Waals surface area contributed by atoms with E-state index in [-0.39, 0.29) is 40.7 Å². The minimum Gasteiger partial charge on any atom is -0.433 e. The standard InChI is InChI=1S/C19H13ClF2N4O2S.ClH/c1-9-3-6-14(29-9)18-25-17(26-8-13(22)16(23-2)24-19(26)27)15(28-18)10-4-5-11(20)12(21)7-10;/h3-8H,1-2H3,(H,23,24,27);1H. The summed E-state index contributed by atoms with van der Waals surface area (Å²) >= 11 is 7.20. The van der Waals surface area contributed by atoms with E-state index in [1.807, 2.05) is 19.1 Å². The normalized spacial score (nSPS) is 10.7. The van der Waals surface area contributed by atoms with Gasteiger partial charge in [0, 0.05) is 17.5 Å². The summed E-state index contributed by atoms with van der Waals surface area (Å²) in [6, 6.07) is 7.75. The highest BCUT2D eigenvalue weighted by Gasteiger charge is 2.22. The van der Waals surface area contributed by atoms with Crippen molar-refractivity contribution in [2.75, 3.05) is 12.4 Å². The van der Waals surface area contributed by atoms with Crippen LogP contribution in [0.15, 0.2) is 45.7 Å². The molecule has 0 spiro atoms. The van der Waals surface area contributed by atoms with Gasteiger partial charge in [-0.05, 0) is 37.3 Å². The number of nitrogens with one attached hydrogen (secondary N) is 1. The minimum absolute atomic E-state index is 0. The van der Waals surface area contributed by atoms with Crippen molar-refractivity contribution >= 4 is 41.2 Å². The van der Waals surface area contributed by atoms with E-state index in [2.05, 4.69) is 15.3 Å². The number of halogens is 4. The van der Waals surface area contributed by atoms with E-state index in [0.717, 1.165) is 21.7 Å². The lowest BCUT2D eigenvalue weighted by molar-refractivity contribution is 0.585. The molecule has 4 aromatic rings. The summed E-state index contributed by atoms with van der Waals surface area (Å²) in [6.45, 7) is 1.92. The molecule has 4 rings (SSSR count). The molecule has 0 bridgehead atoms. The average Bonchev–Trinajstić information content (AvgIpc) is 3.32. The first kappa shape index (κ1) is 21.9. The lowest BCUT2D eigenvalue weighted by Crippen LogP contribution is -2.23.